The number of carboxylic acid groups (broad SMARTS) is 1. The highest BCUT2D eigenvalue weighted by molar-refractivity contribution is 8.00. The summed E-state index contributed by atoms with van der Waals surface area (Å²) in [5, 5.41) is 51.6. The number of carbonyl (C=O) groups excluding carboxylic acids is 12. The minimum Gasteiger partial charge on any atom is -0.508 e. The van der Waals surface area contributed by atoms with E-state index in [-0.39, 0.29) is 126 Å². The van der Waals surface area contributed by atoms with Crippen LogP contribution in [-0.2, 0) is 75.2 Å². The lowest BCUT2D eigenvalue weighted by Gasteiger charge is -2.26. The van der Waals surface area contributed by atoms with Crippen LogP contribution in [-0.4, -0.2) is 178 Å². The molecule has 2 aliphatic heterocycles. The molecule has 17 N–H and O–H groups in total. The van der Waals surface area contributed by atoms with Crippen LogP contribution in [0.15, 0.2) is 54.6 Å². The molecule has 2 saturated heterocycles. The number of hydrogen-bond donors (Lipinski definition) is 15. The third-order valence-electron chi connectivity index (χ3n) is 13.7. The number of primary amides is 1. The zero-order valence-corrected chi connectivity index (χ0v) is 48.8. The van der Waals surface area contributed by atoms with Crippen molar-refractivity contribution in [3.05, 3.63) is 65.7 Å². The zero-order chi connectivity index (χ0) is 63.1. The molecule has 2 fully saturated rings. The van der Waals surface area contributed by atoms with Gasteiger partial charge < -0.3 is 74.8 Å². The van der Waals surface area contributed by atoms with Crippen molar-refractivity contribution >= 4 is 94.6 Å². The highest BCUT2D eigenvalue weighted by Crippen LogP contribution is 2.26. The summed E-state index contributed by atoms with van der Waals surface area (Å²) in [7, 11) is 0. The number of aliphatic carboxylic acids is 1. The summed E-state index contributed by atoms with van der Waals surface area (Å²) in [5.41, 5.74) is 12.3. The second-order valence-corrected chi connectivity index (χ2v) is 21.9. The SMILES string of the molecule is CCCC(=O)N[C@@H](Cc1ccc(O)cc1)C(=O)NCCCCCC(=O)N[C@@H](CSC1CC(=O)N(CCC(=O)NCCCCC2NC(=O)[C@@H](Cc3ccccc3)NC(=O)[C@@H](CC(=O)O)NC(=O)CNC(=O)[C@H](CCCNC(=N)N)NC2=O)C1=O)C(N)=O. The number of guanidine groups is 1. The molecule has 2 aromatic carbocycles. The predicted molar refractivity (Wildman–Crippen MR) is 313 cm³/mol. The minimum absolute atomic E-state index is 0.0268. The van der Waals surface area contributed by atoms with Crippen LogP contribution >= 0.6 is 11.8 Å². The van der Waals surface area contributed by atoms with Gasteiger partial charge in [-0.2, -0.15) is 0 Å². The molecule has 0 aliphatic carbocycles. The third-order valence-corrected chi connectivity index (χ3v) is 15.0. The fourth-order valence-electron chi connectivity index (χ4n) is 9.05. The number of benzene rings is 2. The number of amides is 12. The van der Waals surface area contributed by atoms with Gasteiger partial charge in [0.25, 0.3) is 0 Å². The van der Waals surface area contributed by atoms with Crippen LogP contribution < -0.4 is 64.6 Å². The van der Waals surface area contributed by atoms with Gasteiger partial charge in [-0.1, -0.05) is 55.8 Å². The summed E-state index contributed by atoms with van der Waals surface area (Å²) in [5.74, 6) is -9.90. The van der Waals surface area contributed by atoms with Gasteiger partial charge in [-0.05, 0) is 74.6 Å². The molecular weight excluding hydrogens is 1140 g/mol. The molecular formula is C56H80N14O15S. The Kier molecular flexibility index (Phi) is 29.8. The number of nitrogens with two attached hydrogens (primary N) is 2. The first-order valence-electron chi connectivity index (χ1n) is 28.5. The molecule has 2 aliphatic rings. The standard InChI is InChI=1S/C56H80N14O15S/c1-2-12-44(73)64-38(28-34-18-20-35(71)21-19-34)51(81)61-24-9-4-7-17-45(74)66-41(49(57)79)32-86-42-30-47(76)70(55(42)85)26-22-43(72)60-23-10-8-15-37-52(82)67-36(16-11-25-62-56(58)59)50(80)63-31-46(75)65-40(29-48(77)78)54(84)69-39(53(83)68-37)27-33-13-5-3-6-14-33/h3,5-6,13-14,18-21,36-42,71H,2,4,7-12,15-17,22-32H2,1H3,(H2,57,79)(H,60,72)(H,61,81)(H,63,80)(H,64,73)(H,65,75)(H,66,74)(H,67,82)(H,68,83)(H,69,84)(H,77,78)(H4,58,59,62)/t36-,37?,38-,39+,40+,41-,42?/m0/s1. The van der Waals surface area contributed by atoms with Crippen LogP contribution in [0.4, 0.5) is 0 Å². The number of phenols is 1. The Balaban J connectivity index is 1.26. The normalized spacial score (nSPS) is 19.2. The maximum absolute atomic E-state index is 14.1. The van der Waals surface area contributed by atoms with Crippen LogP contribution in [0.3, 0.4) is 0 Å². The number of aromatic hydroxyl groups is 1. The molecule has 0 spiro atoms. The number of hydrogen-bond acceptors (Lipinski definition) is 16. The second-order valence-electron chi connectivity index (χ2n) is 20.7. The molecule has 0 aromatic heterocycles. The van der Waals surface area contributed by atoms with Crippen molar-refractivity contribution in [1.29, 1.82) is 5.41 Å². The van der Waals surface area contributed by atoms with Crippen molar-refractivity contribution in [2.75, 3.05) is 38.5 Å². The van der Waals surface area contributed by atoms with Crippen LogP contribution in [0.25, 0.3) is 0 Å². The van der Waals surface area contributed by atoms with Crippen LogP contribution in [0, 0.1) is 5.41 Å². The summed E-state index contributed by atoms with van der Waals surface area (Å²) < 4.78 is 0. The molecule has 7 atom stereocenters. The number of carboxylic acids is 1. The van der Waals surface area contributed by atoms with Crippen LogP contribution in [0.1, 0.15) is 108 Å². The topological polar surface area (TPSA) is 462 Å². The number of imide groups is 1. The van der Waals surface area contributed by atoms with Gasteiger partial charge in [0, 0.05) is 70.5 Å². The average molecular weight is 1220 g/mol. The molecule has 12 amide bonds. The third kappa shape index (κ3) is 25.6. The van der Waals surface area contributed by atoms with Crippen molar-refractivity contribution in [1.82, 2.24) is 58.1 Å². The van der Waals surface area contributed by atoms with Crippen LogP contribution in [0.2, 0.25) is 0 Å². The van der Waals surface area contributed by atoms with Crippen molar-refractivity contribution in [3.8, 4) is 5.75 Å². The minimum atomic E-state index is -1.67. The van der Waals surface area contributed by atoms with Gasteiger partial charge in [0.15, 0.2) is 5.96 Å². The van der Waals surface area contributed by atoms with E-state index >= 15 is 0 Å². The Morgan fingerprint density at radius 2 is 1.27 bits per heavy atom. The van der Waals surface area contributed by atoms with Gasteiger partial charge in [0.1, 0.15) is 42.0 Å². The van der Waals surface area contributed by atoms with E-state index in [0.29, 0.717) is 31.2 Å². The monoisotopic (exact) mass is 1220 g/mol. The smallest absolute Gasteiger partial charge is 0.305 e. The lowest BCUT2D eigenvalue weighted by Crippen LogP contribution is -2.58. The average Bonchev–Trinajstić information content (AvgIpc) is 3.45. The van der Waals surface area contributed by atoms with E-state index in [4.69, 9.17) is 16.9 Å². The van der Waals surface area contributed by atoms with E-state index < -0.39 is 120 Å². The zero-order valence-electron chi connectivity index (χ0n) is 48.0. The van der Waals surface area contributed by atoms with E-state index in [1.54, 1.807) is 42.5 Å². The van der Waals surface area contributed by atoms with Crippen LogP contribution in [0.5, 0.6) is 5.75 Å². The predicted octanol–water partition coefficient (Wildman–Crippen LogP) is -2.55. The first-order chi connectivity index (χ1) is 41.0. The Hall–Kier alpha value is -8.83. The van der Waals surface area contributed by atoms with E-state index in [0.717, 1.165) is 22.2 Å². The number of unbranched alkanes of at least 4 members (excludes halogenated alkanes) is 3. The molecule has 0 radical (unpaired) electrons. The lowest BCUT2D eigenvalue weighted by molar-refractivity contribution is -0.141. The van der Waals surface area contributed by atoms with Gasteiger partial charge in [-0.25, -0.2) is 0 Å². The molecule has 2 aromatic rings. The first kappa shape index (κ1) is 69.7. The Labute approximate surface area is 501 Å². The van der Waals surface area contributed by atoms with Crippen molar-refractivity contribution in [2.45, 2.75) is 151 Å². The van der Waals surface area contributed by atoms with Gasteiger partial charge in [0.2, 0.25) is 70.9 Å². The summed E-state index contributed by atoms with van der Waals surface area (Å²) in [6.45, 7) is 1.34. The van der Waals surface area contributed by atoms with Gasteiger partial charge >= 0.3 is 5.97 Å². The summed E-state index contributed by atoms with van der Waals surface area (Å²) >= 11 is 0.961. The summed E-state index contributed by atoms with van der Waals surface area (Å²) in [6, 6.07) is 7.10. The fourth-order valence-corrected chi connectivity index (χ4v) is 10.3. The van der Waals surface area contributed by atoms with Gasteiger partial charge in [0.05, 0.1) is 18.2 Å². The molecule has 29 nitrogen and oxygen atoms in total. The fraction of sp³-hybridized carbons (Fsp3) is 0.536. The number of nitrogens with zero attached hydrogens (tertiary/aromatic N) is 1. The van der Waals surface area contributed by atoms with Crippen molar-refractivity contribution < 1.29 is 72.5 Å². The summed E-state index contributed by atoms with van der Waals surface area (Å²) in [6.07, 6.45) is 1.61. The molecule has 30 heteroatoms. The molecule has 2 unspecified atom stereocenters. The van der Waals surface area contributed by atoms with E-state index in [1.807, 2.05) is 6.92 Å². The van der Waals surface area contributed by atoms with Gasteiger partial charge in [-0.3, -0.25) is 72.6 Å². The summed E-state index contributed by atoms with van der Waals surface area (Å²) in [4.78, 5) is 171. The van der Waals surface area contributed by atoms with Crippen molar-refractivity contribution in [3.63, 3.8) is 0 Å². The molecule has 0 saturated carbocycles. The largest absolute Gasteiger partial charge is 0.508 e. The Bertz CT molecular complexity index is 2720. The molecule has 470 valence electrons. The van der Waals surface area contributed by atoms with E-state index in [1.165, 1.54) is 12.1 Å². The number of nitrogens with one attached hydrogen (secondary N) is 11. The Morgan fingerprint density at radius 1 is 0.663 bits per heavy atom. The number of phenolic OH excluding ortho intramolecular Hbond substituents is 1. The maximum Gasteiger partial charge on any atom is 0.305 e. The molecule has 4 rings (SSSR count). The second kappa shape index (κ2) is 36.8. The van der Waals surface area contributed by atoms with E-state index in [2.05, 4.69) is 53.2 Å². The van der Waals surface area contributed by atoms with E-state index in [9.17, 15) is 72.5 Å². The highest BCUT2D eigenvalue weighted by Gasteiger charge is 2.40. The highest BCUT2D eigenvalue weighted by atomic mass is 32.2. The first-order valence-corrected chi connectivity index (χ1v) is 29.6. The number of thioether (sulfide) groups is 1. The van der Waals surface area contributed by atoms with Gasteiger partial charge in [-0.15, -0.1) is 11.8 Å². The number of carbonyl (C=O) groups is 13. The number of likely N-dealkylation sites (tertiary alicyclic amines) is 1. The molecule has 0 bridgehead atoms. The quantitative estimate of drug-likeness (QED) is 0.0151. The van der Waals surface area contributed by atoms with Crippen molar-refractivity contribution in [2.24, 2.45) is 11.5 Å². The maximum atomic E-state index is 14.1. The molecule has 2 heterocycles. The Morgan fingerprint density at radius 3 is 1.94 bits per heavy atom. The molecule has 86 heavy (non-hydrogen) atoms. The lowest BCUT2D eigenvalue weighted by atomic mass is 10.0. The number of rotatable bonds is 33.